The lowest BCUT2D eigenvalue weighted by Gasteiger charge is -2.25. The number of amides is 1. The molecule has 2 nitrogen and oxygen atoms in total. The van der Waals surface area contributed by atoms with Crippen LogP contribution in [0.1, 0.15) is 29.1 Å². The van der Waals surface area contributed by atoms with Crippen LogP contribution in [0, 0.1) is 0 Å². The van der Waals surface area contributed by atoms with Crippen molar-refractivity contribution < 1.29 is 4.79 Å². The molecule has 0 aliphatic carbocycles. The molecule has 112 valence electrons. The molecule has 0 saturated carbocycles. The molecule has 1 heterocycles. The van der Waals surface area contributed by atoms with E-state index in [0.29, 0.717) is 6.54 Å². The van der Waals surface area contributed by atoms with E-state index in [1.54, 1.807) is 11.8 Å². The summed E-state index contributed by atoms with van der Waals surface area (Å²) >= 11 is 6.54. The van der Waals surface area contributed by atoms with Crippen LogP contribution in [0.25, 0.3) is 0 Å². The summed E-state index contributed by atoms with van der Waals surface area (Å²) in [6, 6.07) is 10.2. The molecular formula is C16H18BrNOS2. The van der Waals surface area contributed by atoms with Crippen LogP contribution in [0.15, 0.2) is 45.1 Å². The maximum atomic E-state index is 12.3. The van der Waals surface area contributed by atoms with Gasteiger partial charge < -0.3 is 5.32 Å². The highest BCUT2D eigenvalue weighted by molar-refractivity contribution is 9.10. The molecule has 1 aromatic heterocycles. The number of thioether (sulfide) groups is 1. The highest BCUT2D eigenvalue weighted by atomic mass is 79.9. The zero-order valence-electron chi connectivity index (χ0n) is 12.3. The largest absolute Gasteiger partial charge is 0.350 e. The Labute approximate surface area is 142 Å². The first-order valence-corrected chi connectivity index (χ1v) is 9.49. The Kier molecular flexibility index (Phi) is 5.52. The molecule has 0 unspecified atom stereocenters. The van der Waals surface area contributed by atoms with Crippen LogP contribution in [0.4, 0.5) is 0 Å². The van der Waals surface area contributed by atoms with Gasteiger partial charge in [-0.3, -0.25) is 4.79 Å². The van der Waals surface area contributed by atoms with E-state index in [-0.39, 0.29) is 11.3 Å². The minimum atomic E-state index is -0.104. The van der Waals surface area contributed by atoms with E-state index in [4.69, 9.17) is 0 Å². The van der Waals surface area contributed by atoms with Gasteiger partial charge in [-0.1, -0.05) is 41.9 Å². The summed E-state index contributed by atoms with van der Waals surface area (Å²) in [5.41, 5.74) is 1.11. The second-order valence-electron chi connectivity index (χ2n) is 5.39. The zero-order valence-corrected chi connectivity index (χ0v) is 15.5. The molecule has 2 rings (SSSR count). The fraction of sp³-hybridized carbons (Fsp3) is 0.312. The van der Waals surface area contributed by atoms with Crippen LogP contribution in [0.2, 0.25) is 0 Å². The number of carbonyl (C=O) groups excluding carboxylic acids is 1. The van der Waals surface area contributed by atoms with Crippen molar-refractivity contribution in [1.29, 1.82) is 0 Å². The number of carbonyl (C=O) groups is 1. The molecule has 1 N–H and O–H groups in total. The summed E-state index contributed by atoms with van der Waals surface area (Å²) in [4.78, 5) is 14.1. The predicted molar refractivity (Wildman–Crippen MR) is 95.6 cm³/mol. The molecule has 1 aromatic carbocycles. The Morgan fingerprint density at radius 3 is 2.57 bits per heavy atom. The molecule has 0 saturated heterocycles. The summed E-state index contributed by atoms with van der Waals surface area (Å²) in [7, 11) is 0. The van der Waals surface area contributed by atoms with Gasteiger partial charge in [-0.05, 0) is 35.4 Å². The van der Waals surface area contributed by atoms with Crippen molar-refractivity contribution in [2.24, 2.45) is 0 Å². The standard InChI is InChI=1S/C16H18BrNOS2/c1-16(2,11-4-6-12(17)7-5-11)10-18-15(19)14-13(20-3)8-9-21-14/h4-9H,10H2,1-3H3,(H,18,19). The van der Waals surface area contributed by atoms with E-state index < -0.39 is 0 Å². The summed E-state index contributed by atoms with van der Waals surface area (Å²) in [6.07, 6.45) is 1.99. The first-order chi connectivity index (χ1) is 9.94. The monoisotopic (exact) mass is 383 g/mol. The van der Waals surface area contributed by atoms with Crippen LogP contribution in [-0.4, -0.2) is 18.7 Å². The van der Waals surface area contributed by atoms with Gasteiger partial charge in [0.1, 0.15) is 4.88 Å². The molecule has 2 aromatic rings. The number of nitrogens with one attached hydrogen (secondary N) is 1. The van der Waals surface area contributed by atoms with Crippen LogP contribution >= 0.6 is 39.0 Å². The highest BCUT2D eigenvalue weighted by Crippen LogP contribution is 2.27. The lowest BCUT2D eigenvalue weighted by atomic mass is 9.84. The Balaban J connectivity index is 2.04. The number of thiophene rings is 1. The first-order valence-electron chi connectivity index (χ1n) is 6.60. The zero-order chi connectivity index (χ0) is 15.5. The van der Waals surface area contributed by atoms with Crippen LogP contribution < -0.4 is 5.32 Å². The molecule has 0 aliphatic heterocycles. The fourth-order valence-electron chi connectivity index (χ4n) is 2.01. The van der Waals surface area contributed by atoms with Crippen LogP contribution in [-0.2, 0) is 5.41 Å². The van der Waals surface area contributed by atoms with Crippen LogP contribution in [0.3, 0.4) is 0 Å². The third-order valence-corrected chi connectivity index (χ3v) is 5.72. The molecule has 0 radical (unpaired) electrons. The van der Waals surface area contributed by atoms with Gasteiger partial charge >= 0.3 is 0 Å². The SMILES string of the molecule is CSc1ccsc1C(=O)NCC(C)(C)c1ccc(Br)cc1. The number of benzene rings is 1. The van der Waals surface area contributed by atoms with E-state index in [1.165, 1.54) is 16.9 Å². The van der Waals surface area contributed by atoms with Gasteiger partial charge in [0.05, 0.1) is 0 Å². The average Bonchev–Trinajstić information content (AvgIpc) is 2.94. The quantitative estimate of drug-likeness (QED) is 0.740. The lowest BCUT2D eigenvalue weighted by molar-refractivity contribution is 0.0947. The topological polar surface area (TPSA) is 29.1 Å². The fourth-order valence-corrected chi connectivity index (χ4v) is 3.94. The summed E-state index contributed by atoms with van der Waals surface area (Å²) in [5.74, 6) is 0.0135. The predicted octanol–water partition coefficient (Wildman–Crippen LogP) is 4.94. The summed E-state index contributed by atoms with van der Waals surface area (Å²) in [5, 5.41) is 5.02. The molecular weight excluding hydrogens is 366 g/mol. The van der Waals surface area contributed by atoms with Gasteiger partial charge in [-0.2, -0.15) is 0 Å². The number of hydrogen-bond donors (Lipinski definition) is 1. The van der Waals surface area contributed by atoms with Crippen molar-refractivity contribution in [1.82, 2.24) is 5.32 Å². The number of halogens is 1. The molecule has 0 spiro atoms. The van der Waals surface area contributed by atoms with Crippen molar-refractivity contribution in [3.05, 3.63) is 50.6 Å². The molecule has 5 heteroatoms. The minimum Gasteiger partial charge on any atom is -0.350 e. The van der Waals surface area contributed by atoms with Gasteiger partial charge in [-0.25, -0.2) is 0 Å². The van der Waals surface area contributed by atoms with E-state index in [0.717, 1.165) is 14.2 Å². The van der Waals surface area contributed by atoms with E-state index in [2.05, 4.69) is 47.2 Å². The Hall–Kier alpha value is -0.780. The van der Waals surface area contributed by atoms with Crippen molar-refractivity contribution in [2.45, 2.75) is 24.2 Å². The van der Waals surface area contributed by atoms with Crippen LogP contribution in [0.5, 0.6) is 0 Å². The smallest absolute Gasteiger partial charge is 0.262 e. The Bertz CT molecular complexity index is 619. The maximum Gasteiger partial charge on any atom is 0.262 e. The molecule has 0 atom stereocenters. The maximum absolute atomic E-state index is 12.3. The van der Waals surface area contributed by atoms with E-state index in [1.807, 2.05) is 29.8 Å². The Morgan fingerprint density at radius 1 is 1.29 bits per heavy atom. The normalized spacial score (nSPS) is 11.4. The second-order valence-corrected chi connectivity index (χ2v) is 8.07. The molecule has 1 amide bonds. The van der Waals surface area contributed by atoms with Gasteiger partial charge in [0.2, 0.25) is 0 Å². The van der Waals surface area contributed by atoms with E-state index >= 15 is 0 Å². The number of rotatable bonds is 5. The van der Waals surface area contributed by atoms with Crippen molar-refractivity contribution in [3.63, 3.8) is 0 Å². The van der Waals surface area contributed by atoms with Gasteiger partial charge in [0.25, 0.3) is 5.91 Å². The van der Waals surface area contributed by atoms with Gasteiger partial charge in [0.15, 0.2) is 0 Å². The summed E-state index contributed by atoms with van der Waals surface area (Å²) < 4.78 is 1.06. The van der Waals surface area contributed by atoms with Gasteiger partial charge in [0, 0.05) is 21.3 Å². The average molecular weight is 384 g/mol. The summed E-state index contributed by atoms with van der Waals surface area (Å²) in [6.45, 7) is 4.89. The van der Waals surface area contributed by atoms with Crippen molar-refractivity contribution in [2.75, 3.05) is 12.8 Å². The molecule has 0 bridgehead atoms. The number of hydrogen-bond acceptors (Lipinski definition) is 3. The van der Waals surface area contributed by atoms with Crippen molar-refractivity contribution >= 4 is 44.9 Å². The minimum absolute atomic E-state index is 0.0135. The third kappa shape index (κ3) is 4.11. The van der Waals surface area contributed by atoms with E-state index in [9.17, 15) is 4.79 Å². The lowest BCUT2D eigenvalue weighted by Crippen LogP contribution is -2.36. The second kappa shape index (κ2) is 6.99. The van der Waals surface area contributed by atoms with Gasteiger partial charge in [-0.15, -0.1) is 23.1 Å². The first kappa shape index (κ1) is 16.6. The molecule has 0 fully saturated rings. The van der Waals surface area contributed by atoms with Crippen molar-refractivity contribution in [3.8, 4) is 0 Å². The third-order valence-electron chi connectivity index (χ3n) is 3.37. The Morgan fingerprint density at radius 2 is 1.95 bits per heavy atom. The molecule has 21 heavy (non-hydrogen) atoms. The molecule has 0 aliphatic rings. The highest BCUT2D eigenvalue weighted by Gasteiger charge is 2.22.